The summed E-state index contributed by atoms with van der Waals surface area (Å²) >= 11 is 0. The summed E-state index contributed by atoms with van der Waals surface area (Å²) in [4.78, 5) is 22.7. The molecular weight excluding hydrogens is 324 g/mol. The van der Waals surface area contributed by atoms with Gasteiger partial charge in [-0.2, -0.15) is 0 Å². The average molecular weight is 350 g/mol. The smallest absolute Gasteiger partial charge is 0.356 e. The molecule has 0 amide bonds. The molecule has 1 aromatic rings. The van der Waals surface area contributed by atoms with E-state index in [-0.39, 0.29) is 23.4 Å². The molecule has 25 heavy (non-hydrogen) atoms. The van der Waals surface area contributed by atoms with Crippen LogP contribution in [0.15, 0.2) is 24.3 Å². The first-order valence-corrected chi connectivity index (χ1v) is 8.68. The van der Waals surface area contributed by atoms with Crippen LogP contribution in [0.4, 0.5) is 11.4 Å². The van der Waals surface area contributed by atoms with Crippen LogP contribution >= 0.6 is 0 Å². The molecule has 0 radical (unpaired) electrons. The number of aliphatic hydroxyl groups is 1. The van der Waals surface area contributed by atoms with Crippen LogP contribution in [0.25, 0.3) is 0 Å². The van der Waals surface area contributed by atoms with E-state index in [4.69, 9.17) is 4.74 Å². The van der Waals surface area contributed by atoms with Gasteiger partial charge in [-0.25, -0.2) is 4.79 Å². The molecule has 0 aliphatic heterocycles. The van der Waals surface area contributed by atoms with Gasteiger partial charge in [-0.1, -0.05) is 39.3 Å². The van der Waals surface area contributed by atoms with E-state index in [1.807, 2.05) is 0 Å². The summed E-state index contributed by atoms with van der Waals surface area (Å²) in [5.41, 5.74) is -0.130. The number of rotatable bonds is 6. The zero-order valence-electron chi connectivity index (χ0n) is 14.8. The highest BCUT2D eigenvalue weighted by Crippen LogP contribution is 2.35. The third-order valence-electron chi connectivity index (χ3n) is 4.85. The summed E-state index contributed by atoms with van der Waals surface area (Å²) in [5.74, 6) is 0.306. The van der Waals surface area contributed by atoms with Crippen LogP contribution in [0.2, 0.25) is 0 Å². The van der Waals surface area contributed by atoms with Crippen molar-refractivity contribution in [2.24, 2.45) is 17.8 Å². The van der Waals surface area contributed by atoms with Crippen molar-refractivity contribution >= 4 is 17.3 Å². The summed E-state index contributed by atoms with van der Waals surface area (Å²) in [6.45, 7) is 6.33. The second kappa shape index (κ2) is 8.29. The quantitative estimate of drug-likeness (QED) is 0.353. The Morgan fingerprint density at radius 1 is 1.36 bits per heavy atom. The Morgan fingerprint density at radius 2 is 2.04 bits per heavy atom. The average Bonchev–Trinajstić information content (AvgIpc) is 2.54. The Kier molecular flexibility index (Phi) is 6.36. The number of anilines is 1. The molecule has 1 aliphatic rings. The highest BCUT2D eigenvalue weighted by atomic mass is 16.6. The maximum absolute atomic E-state index is 12.3. The lowest BCUT2D eigenvalue weighted by atomic mass is 9.75. The Balaban J connectivity index is 2.03. The molecule has 138 valence electrons. The fourth-order valence-electron chi connectivity index (χ4n) is 3.42. The van der Waals surface area contributed by atoms with Gasteiger partial charge in [0.2, 0.25) is 6.23 Å². The van der Waals surface area contributed by atoms with Crippen LogP contribution in [-0.4, -0.2) is 28.3 Å². The van der Waals surface area contributed by atoms with Crippen molar-refractivity contribution in [2.45, 2.75) is 52.4 Å². The SMILES string of the molecule is CC(C)C1CC[C@@H](C)C[C@H]1OC(=O)[C@@H](O)Nc1ccccc1[N+](=O)[O-]. The second-order valence-corrected chi connectivity index (χ2v) is 7.12. The topological polar surface area (TPSA) is 102 Å². The molecule has 0 spiro atoms. The second-order valence-electron chi connectivity index (χ2n) is 7.12. The largest absolute Gasteiger partial charge is 0.459 e. The first-order chi connectivity index (χ1) is 11.8. The molecule has 0 heterocycles. The highest BCUT2D eigenvalue weighted by Gasteiger charge is 2.35. The van der Waals surface area contributed by atoms with Crippen LogP contribution < -0.4 is 5.32 Å². The predicted molar refractivity (Wildman–Crippen MR) is 93.9 cm³/mol. The Morgan fingerprint density at radius 3 is 2.68 bits per heavy atom. The zero-order valence-corrected chi connectivity index (χ0v) is 14.8. The van der Waals surface area contributed by atoms with Crippen LogP contribution in [0.5, 0.6) is 0 Å². The van der Waals surface area contributed by atoms with Gasteiger partial charge < -0.3 is 15.2 Å². The maximum atomic E-state index is 12.3. The van der Waals surface area contributed by atoms with Gasteiger partial charge in [0.15, 0.2) is 0 Å². The number of hydrogen-bond acceptors (Lipinski definition) is 6. The molecule has 7 nitrogen and oxygen atoms in total. The molecule has 1 saturated carbocycles. The van der Waals surface area contributed by atoms with E-state index < -0.39 is 17.1 Å². The zero-order chi connectivity index (χ0) is 18.6. The van der Waals surface area contributed by atoms with Gasteiger partial charge >= 0.3 is 5.97 Å². The molecule has 0 saturated heterocycles. The molecule has 2 N–H and O–H groups in total. The van der Waals surface area contributed by atoms with Crippen molar-refractivity contribution in [2.75, 3.05) is 5.32 Å². The number of benzene rings is 1. The summed E-state index contributed by atoms with van der Waals surface area (Å²) in [6.07, 6.45) is 0.982. The molecule has 0 aromatic heterocycles. The van der Waals surface area contributed by atoms with Crippen LogP contribution in [0, 0.1) is 27.9 Å². The van der Waals surface area contributed by atoms with Gasteiger partial charge in [0.05, 0.1) is 4.92 Å². The Hall–Kier alpha value is -2.15. The van der Waals surface area contributed by atoms with E-state index in [0.29, 0.717) is 11.8 Å². The van der Waals surface area contributed by atoms with Gasteiger partial charge in [0, 0.05) is 6.07 Å². The number of esters is 1. The number of carbonyl (C=O) groups excluding carboxylic acids is 1. The van der Waals surface area contributed by atoms with E-state index in [1.54, 1.807) is 6.07 Å². The lowest BCUT2D eigenvalue weighted by Crippen LogP contribution is -2.40. The minimum Gasteiger partial charge on any atom is -0.459 e. The molecule has 4 atom stereocenters. The van der Waals surface area contributed by atoms with Crippen molar-refractivity contribution < 1.29 is 19.6 Å². The number of aliphatic hydroxyl groups excluding tert-OH is 1. The standard InChI is InChI=1S/C18H26N2O5/c1-11(2)13-9-8-12(3)10-16(13)25-18(22)17(21)19-14-6-4-5-7-15(14)20(23)24/h4-7,11-13,16-17,19,21H,8-10H2,1-3H3/t12-,13?,16-,17-/m1/s1. The van der Waals surface area contributed by atoms with Crippen LogP contribution in [0.3, 0.4) is 0 Å². The van der Waals surface area contributed by atoms with Crippen molar-refractivity contribution in [1.29, 1.82) is 0 Å². The number of nitrogens with one attached hydrogen (secondary N) is 1. The fourth-order valence-corrected chi connectivity index (χ4v) is 3.42. The van der Waals surface area contributed by atoms with Gasteiger partial charge in [0.25, 0.3) is 5.69 Å². The lowest BCUT2D eigenvalue weighted by molar-refractivity contribution is -0.384. The minimum absolute atomic E-state index is 0.0781. The summed E-state index contributed by atoms with van der Waals surface area (Å²) in [6, 6.07) is 5.85. The number of nitro benzene ring substituents is 1. The molecular formula is C18H26N2O5. The summed E-state index contributed by atoms with van der Waals surface area (Å²) in [7, 11) is 0. The number of nitrogens with zero attached hydrogens (tertiary/aromatic N) is 1. The third-order valence-corrected chi connectivity index (χ3v) is 4.85. The monoisotopic (exact) mass is 350 g/mol. The molecule has 1 aliphatic carbocycles. The van der Waals surface area contributed by atoms with E-state index in [9.17, 15) is 20.0 Å². The van der Waals surface area contributed by atoms with Crippen LogP contribution in [0.1, 0.15) is 40.0 Å². The highest BCUT2D eigenvalue weighted by molar-refractivity contribution is 5.79. The molecule has 1 fully saturated rings. The summed E-state index contributed by atoms with van der Waals surface area (Å²) < 4.78 is 5.55. The van der Waals surface area contributed by atoms with E-state index >= 15 is 0 Å². The van der Waals surface area contributed by atoms with Crippen molar-refractivity contribution in [3.8, 4) is 0 Å². The van der Waals surface area contributed by atoms with Crippen molar-refractivity contribution in [3.63, 3.8) is 0 Å². The Bertz CT molecular complexity index is 619. The first kappa shape index (κ1) is 19.2. The molecule has 7 heteroatoms. The number of ether oxygens (including phenoxy) is 1. The fraction of sp³-hybridized carbons (Fsp3) is 0.611. The number of para-hydroxylation sites is 2. The molecule has 1 unspecified atom stereocenters. The van der Waals surface area contributed by atoms with Gasteiger partial charge in [-0.15, -0.1) is 0 Å². The van der Waals surface area contributed by atoms with Crippen molar-refractivity contribution in [1.82, 2.24) is 0 Å². The number of hydrogen-bond donors (Lipinski definition) is 2. The predicted octanol–water partition coefficient (Wildman–Crippen LogP) is 3.33. The maximum Gasteiger partial charge on any atom is 0.356 e. The van der Waals surface area contributed by atoms with Gasteiger partial charge in [0.1, 0.15) is 11.8 Å². The molecule has 0 bridgehead atoms. The number of nitro groups is 1. The number of carbonyl (C=O) groups is 1. The van der Waals surface area contributed by atoms with E-state index in [1.165, 1.54) is 18.2 Å². The lowest BCUT2D eigenvalue weighted by Gasteiger charge is -2.37. The van der Waals surface area contributed by atoms with Crippen molar-refractivity contribution in [3.05, 3.63) is 34.4 Å². The van der Waals surface area contributed by atoms with E-state index in [2.05, 4.69) is 26.1 Å². The van der Waals surface area contributed by atoms with Gasteiger partial charge in [-0.05, 0) is 36.7 Å². The Labute approximate surface area is 147 Å². The third kappa shape index (κ3) is 4.92. The summed E-state index contributed by atoms with van der Waals surface area (Å²) in [5, 5.41) is 23.6. The van der Waals surface area contributed by atoms with Crippen LogP contribution in [-0.2, 0) is 9.53 Å². The minimum atomic E-state index is -1.65. The van der Waals surface area contributed by atoms with Gasteiger partial charge in [-0.3, -0.25) is 10.1 Å². The normalized spacial score (nSPS) is 24.6. The molecule has 2 rings (SSSR count). The van der Waals surface area contributed by atoms with E-state index in [0.717, 1.165) is 19.3 Å². The molecule has 1 aromatic carbocycles. The first-order valence-electron chi connectivity index (χ1n) is 8.68.